The number of methoxy groups -OCH3 is 1. The molecule has 0 aliphatic heterocycles. The van der Waals surface area contributed by atoms with E-state index in [4.69, 9.17) is 15.6 Å². The predicted molar refractivity (Wildman–Crippen MR) is 79.1 cm³/mol. The summed E-state index contributed by atoms with van der Waals surface area (Å²) < 4.78 is 5.36. The van der Waals surface area contributed by atoms with Gasteiger partial charge in [-0.15, -0.1) is 0 Å². The van der Waals surface area contributed by atoms with E-state index in [-0.39, 0.29) is 18.4 Å². The highest BCUT2D eigenvalue weighted by atomic mass is 16.5. The second-order valence-corrected chi connectivity index (χ2v) is 4.97. The first-order valence-corrected chi connectivity index (χ1v) is 6.57. The minimum Gasteiger partial charge on any atom is -0.496 e. The summed E-state index contributed by atoms with van der Waals surface area (Å²) in [6.07, 6.45) is 0.0218. The number of hydrogen-bond donors (Lipinski definition) is 2. The van der Waals surface area contributed by atoms with E-state index in [0.717, 1.165) is 22.1 Å². The first kappa shape index (κ1) is 14.3. The molecule has 2 rings (SSSR count). The molecule has 2 aromatic rings. The Morgan fingerprint density at radius 2 is 1.90 bits per heavy atom. The molecule has 0 aliphatic carbocycles. The quantitative estimate of drug-likeness (QED) is 0.878. The molecule has 2 atom stereocenters. The van der Waals surface area contributed by atoms with Gasteiger partial charge in [-0.1, -0.05) is 30.3 Å². The highest BCUT2D eigenvalue weighted by molar-refractivity contribution is 5.91. The van der Waals surface area contributed by atoms with Gasteiger partial charge in [0.15, 0.2) is 0 Å². The number of fused-ring (bicyclic) bond motifs is 1. The molecule has 4 nitrogen and oxygen atoms in total. The van der Waals surface area contributed by atoms with Crippen LogP contribution in [0.5, 0.6) is 5.75 Å². The van der Waals surface area contributed by atoms with Gasteiger partial charge in [0.25, 0.3) is 0 Å². The number of hydrogen-bond acceptors (Lipinski definition) is 3. The molecular formula is C16H19NO3. The topological polar surface area (TPSA) is 72.5 Å². The molecule has 0 amide bonds. The fourth-order valence-electron chi connectivity index (χ4n) is 2.56. The van der Waals surface area contributed by atoms with Gasteiger partial charge in [0.2, 0.25) is 0 Å². The smallest absolute Gasteiger partial charge is 0.304 e. The molecule has 0 aliphatic rings. The van der Waals surface area contributed by atoms with Crippen LogP contribution < -0.4 is 10.5 Å². The van der Waals surface area contributed by atoms with Crippen molar-refractivity contribution in [1.29, 1.82) is 0 Å². The number of carboxylic acid groups (broad SMARTS) is 1. The van der Waals surface area contributed by atoms with Gasteiger partial charge in [-0.2, -0.15) is 0 Å². The molecule has 106 valence electrons. The molecular weight excluding hydrogens is 254 g/mol. The molecule has 2 aromatic carbocycles. The van der Waals surface area contributed by atoms with Crippen molar-refractivity contribution in [2.75, 3.05) is 7.11 Å². The van der Waals surface area contributed by atoms with Gasteiger partial charge in [0.05, 0.1) is 13.5 Å². The van der Waals surface area contributed by atoms with Crippen LogP contribution in [0.3, 0.4) is 0 Å². The van der Waals surface area contributed by atoms with Crippen LogP contribution in [0.2, 0.25) is 0 Å². The highest BCUT2D eigenvalue weighted by Gasteiger charge is 2.22. The number of carbonyl (C=O) groups is 1. The number of ether oxygens (including phenoxy) is 1. The SMILES string of the molecule is COc1ccc(C(CC(=O)O)C(C)N)c2ccccc12. The minimum absolute atomic E-state index is 0.0218. The van der Waals surface area contributed by atoms with Crippen LogP contribution in [0.1, 0.15) is 24.8 Å². The summed E-state index contributed by atoms with van der Waals surface area (Å²) in [4.78, 5) is 11.1. The largest absolute Gasteiger partial charge is 0.496 e. The standard InChI is InChI=1S/C16H19NO3/c1-10(17)14(9-16(18)19)12-7-8-15(20-2)13-6-4-3-5-11(12)13/h3-8,10,14H,9,17H2,1-2H3,(H,18,19). The molecule has 3 N–H and O–H groups in total. The van der Waals surface area contributed by atoms with E-state index in [2.05, 4.69) is 0 Å². The molecule has 0 saturated heterocycles. The van der Waals surface area contributed by atoms with E-state index in [1.165, 1.54) is 0 Å². The molecule has 0 saturated carbocycles. The van der Waals surface area contributed by atoms with E-state index in [1.807, 2.05) is 43.3 Å². The lowest BCUT2D eigenvalue weighted by atomic mass is 9.86. The molecule has 0 radical (unpaired) electrons. The Bertz CT molecular complexity index is 622. The maximum atomic E-state index is 11.1. The Morgan fingerprint density at radius 1 is 1.25 bits per heavy atom. The normalized spacial score (nSPS) is 13.9. The van der Waals surface area contributed by atoms with Gasteiger partial charge in [0, 0.05) is 17.3 Å². The molecule has 0 spiro atoms. The lowest BCUT2D eigenvalue weighted by Crippen LogP contribution is -2.27. The lowest BCUT2D eigenvalue weighted by molar-refractivity contribution is -0.137. The van der Waals surface area contributed by atoms with Crippen LogP contribution in [0.15, 0.2) is 36.4 Å². The fraction of sp³-hybridized carbons (Fsp3) is 0.312. The summed E-state index contributed by atoms with van der Waals surface area (Å²) in [5.41, 5.74) is 6.94. The van der Waals surface area contributed by atoms with Gasteiger partial charge in [0.1, 0.15) is 5.75 Å². The van der Waals surface area contributed by atoms with Crippen molar-refractivity contribution < 1.29 is 14.6 Å². The third kappa shape index (κ3) is 2.75. The third-order valence-electron chi connectivity index (χ3n) is 3.57. The van der Waals surface area contributed by atoms with Crippen molar-refractivity contribution in [3.05, 3.63) is 42.0 Å². The van der Waals surface area contributed by atoms with Crippen molar-refractivity contribution in [2.45, 2.75) is 25.3 Å². The maximum Gasteiger partial charge on any atom is 0.304 e. The van der Waals surface area contributed by atoms with E-state index >= 15 is 0 Å². The predicted octanol–water partition coefficient (Wildman–Crippen LogP) is 2.75. The summed E-state index contributed by atoms with van der Waals surface area (Å²) in [5, 5.41) is 11.1. The van der Waals surface area contributed by atoms with Crippen molar-refractivity contribution >= 4 is 16.7 Å². The summed E-state index contributed by atoms with van der Waals surface area (Å²) in [6.45, 7) is 1.84. The van der Waals surface area contributed by atoms with E-state index in [0.29, 0.717) is 0 Å². The number of carboxylic acids is 1. The van der Waals surface area contributed by atoms with Crippen molar-refractivity contribution in [1.82, 2.24) is 0 Å². The Balaban J connectivity index is 2.61. The maximum absolute atomic E-state index is 11.1. The average Bonchev–Trinajstić information content (AvgIpc) is 2.43. The van der Waals surface area contributed by atoms with Crippen molar-refractivity contribution in [2.24, 2.45) is 5.73 Å². The first-order valence-electron chi connectivity index (χ1n) is 6.57. The molecule has 20 heavy (non-hydrogen) atoms. The Labute approximate surface area is 118 Å². The number of benzene rings is 2. The third-order valence-corrected chi connectivity index (χ3v) is 3.57. The van der Waals surface area contributed by atoms with Gasteiger partial charge >= 0.3 is 5.97 Å². The minimum atomic E-state index is -0.841. The first-order chi connectivity index (χ1) is 9.54. The van der Waals surface area contributed by atoms with E-state index in [1.54, 1.807) is 7.11 Å². The van der Waals surface area contributed by atoms with Crippen molar-refractivity contribution in [3.63, 3.8) is 0 Å². The lowest BCUT2D eigenvalue weighted by Gasteiger charge is -2.22. The Kier molecular flexibility index (Phi) is 4.25. The van der Waals surface area contributed by atoms with Gasteiger partial charge in [-0.25, -0.2) is 0 Å². The van der Waals surface area contributed by atoms with Crippen LogP contribution in [0.25, 0.3) is 10.8 Å². The molecule has 0 aromatic heterocycles. The summed E-state index contributed by atoms with van der Waals surface area (Å²) in [5.74, 6) is -0.279. The number of rotatable bonds is 5. The summed E-state index contributed by atoms with van der Waals surface area (Å²) in [6, 6.07) is 11.4. The van der Waals surface area contributed by atoms with Crippen molar-refractivity contribution in [3.8, 4) is 5.75 Å². The molecule has 0 heterocycles. The summed E-state index contributed by atoms with van der Waals surface area (Å²) in [7, 11) is 1.63. The Morgan fingerprint density at radius 3 is 2.45 bits per heavy atom. The van der Waals surface area contributed by atoms with Crippen LogP contribution >= 0.6 is 0 Å². The van der Waals surface area contributed by atoms with Gasteiger partial charge in [-0.05, 0) is 23.9 Å². The van der Waals surface area contributed by atoms with Crippen LogP contribution in [0, 0.1) is 0 Å². The Hall–Kier alpha value is -2.07. The molecule has 0 fully saturated rings. The van der Waals surface area contributed by atoms with Crippen LogP contribution in [0.4, 0.5) is 0 Å². The van der Waals surface area contributed by atoms with Gasteiger partial charge in [-0.3, -0.25) is 4.79 Å². The molecule has 0 bridgehead atoms. The zero-order valence-corrected chi connectivity index (χ0v) is 11.7. The second-order valence-electron chi connectivity index (χ2n) is 4.97. The van der Waals surface area contributed by atoms with Gasteiger partial charge < -0.3 is 15.6 Å². The van der Waals surface area contributed by atoms with Crippen LogP contribution in [-0.4, -0.2) is 24.2 Å². The van der Waals surface area contributed by atoms with Crippen LogP contribution in [-0.2, 0) is 4.79 Å². The molecule has 2 unspecified atom stereocenters. The molecule has 4 heteroatoms. The summed E-state index contributed by atoms with van der Waals surface area (Å²) >= 11 is 0. The fourth-order valence-corrected chi connectivity index (χ4v) is 2.56. The van der Waals surface area contributed by atoms with E-state index in [9.17, 15) is 4.79 Å². The van der Waals surface area contributed by atoms with E-state index < -0.39 is 5.97 Å². The number of nitrogens with two attached hydrogens (primary N) is 1. The average molecular weight is 273 g/mol. The number of aliphatic carboxylic acids is 1. The second kappa shape index (κ2) is 5.92. The zero-order valence-electron chi connectivity index (χ0n) is 11.7. The highest BCUT2D eigenvalue weighted by Crippen LogP contribution is 2.34. The zero-order chi connectivity index (χ0) is 14.7. The monoisotopic (exact) mass is 273 g/mol.